The van der Waals surface area contributed by atoms with Crippen LogP contribution in [0.1, 0.15) is 16.7 Å². The monoisotopic (exact) mass is 212 g/mol. The summed E-state index contributed by atoms with van der Waals surface area (Å²) in [6.07, 6.45) is 4.03. The molecular formula is C14H12O2. The van der Waals surface area contributed by atoms with Crippen LogP contribution in [-0.4, -0.2) is 11.6 Å². The molecule has 0 aromatic heterocycles. The molecule has 0 bridgehead atoms. The molecule has 0 saturated heterocycles. The summed E-state index contributed by atoms with van der Waals surface area (Å²) in [5.41, 5.74) is 3.49. The van der Waals surface area contributed by atoms with E-state index in [2.05, 4.69) is 0 Å². The van der Waals surface area contributed by atoms with Crippen molar-refractivity contribution in [2.45, 2.75) is 13.8 Å². The van der Waals surface area contributed by atoms with E-state index in [1.807, 2.05) is 32.0 Å². The quantitative estimate of drug-likeness (QED) is 0.670. The van der Waals surface area contributed by atoms with Gasteiger partial charge < -0.3 is 0 Å². The van der Waals surface area contributed by atoms with E-state index in [1.165, 1.54) is 18.2 Å². The number of carbonyl (C=O) groups excluding carboxylic acids is 2. The van der Waals surface area contributed by atoms with Crippen LogP contribution in [0.5, 0.6) is 0 Å². The van der Waals surface area contributed by atoms with Crippen LogP contribution >= 0.6 is 0 Å². The molecule has 0 unspecified atom stereocenters. The fraction of sp³-hybridized carbons (Fsp3) is 0.143. The van der Waals surface area contributed by atoms with Crippen molar-refractivity contribution in [3.8, 4) is 0 Å². The van der Waals surface area contributed by atoms with E-state index < -0.39 is 0 Å². The molecule has 1 aromatic carbocycles. The van der Waals surface area contributed by atoms with E-state index in [-0.39, 0.29) is 11.6 Å². The summed E-state index contributed by atoms with van der Waals surface area (Å²) in [4.78, 5) is 22.9. The average Bonchev–Trinajstić information content (AvgIpc) is 2.22. The lowest BCUT2D eigenvalue weighted by atomic mass is 9.92. The van der Waals surface area contributed by atoms with Crippen molar-refractivity contribution in [2.75, 3.05) is 0 Å². The molecule has 0 fully saturated rings. The molecule has 0 aliphatic heterocycles. The van der Waals surface area contributed by atoms with Gasteiger partial charge >= 0.3 is 0 Å². The summed E-state index contributed by atoms with van der Waals surface area (Å²) in [5.74, 6) is -0.235. The highest BCUT2D eigenvalue weighted by atomic mass is 16.1. The van der Waals surface area contributed by atoms with E-state index in [0.29, 0.717) is 5.57 Å². The predicted octanol–water partition coefficient (Wildman–Crippen LogP) is 2.39. The molecule has 1 aliphatic carbocycles. The third kappa shape index (κ3) is 1.87. The fourth-order valence-corrected chi connectivity index (χ4v) is 1.84. The highest BCUT2D eigenvalue weighted by Gasteiger charge is 2.16. The fourth-order valence-electron chi connectivity index (χ4n) is 1.84. The average molecular weight is 212 g/mol. The molecule has 0 amide bonds. The Kier molecular flexibility index (Phi) is 2.57. The molecule has 1 aliphatic rings. The molecule has 16 heavy (non-hydrogen) atoms. The van der Waals surface area contributed by atoms with Crippen molar-refractivity contribution in [3.05, 3.63) is 53.1 Å². The predicted molar refractivity (Wildman–Crippen MR) is 63.0 cm³/mol. The topological polar surface area (TPSA) is 34.1 Å². The van der Waals surface area contributed by atoms with Crippen LogP contribution < -0.4 is 0 Å². The first-order chi connectivity index (χ1) is 7.58. The Morgan fingerprint density at radius 2 is 1.75 bits per heavy atom. The number of allylic oxidation sites excluding steroid dienone is 4. The highest BCUT2D eigenvalue weighted by molar-refractivity contribution is 6.34. The Morgan fingerprint density at radius 3 is 2.44 bits per heavy atom. The van der Waals surface area contributed by atoms with E-state index in [4.69, 9.17) is 0 Å². The summed E-state index contributed by atoms with van der Waals surface area (Å²) < 4.78 is 0. The number of hydrogen-bond donors (Lipinski definition) is 0. The summed E-state index contributed by atoms with van der Waals surface area (Å²) >= 11 is 0. The maximum atomic E-state index is 11.7. The first-order valence-electron chi connectivity index (χ1n) is 5.13. The van der Waals surface area contributed by atoms with Crippen LogP contribution in [0, 0.1) is 13.8 Å². The second-order valence-electron chi connectivity index (χ2n) is 3.98. The van der Waals surface area contributed by atoms with Gasteiger partial charge in [0.15, 0.2) is 11.6 Å². The van der Waals surface area contributed by atoms with Gasteiger partial charge in [-0.25, -0.2) is 0 Å². The molecule has 1 aromatic rings. The lowest BCUT2D eigenvalue weighted by Gasteiger charge is -2.10. The van der Waals surface area contributed by atoms with Gasteiger partial charge in [0.1, 0.15) is 0 Å². The molecule has 0 atom stereocenters. The van der Waals surface area contributed by atoms with Gasteiger partial charge in [-0.3, -0.25) is 9.59 Å². The van der Waals surface area contributed by atoms with Gasteiger partial charge in [-0.05, 0) is 43.2 Å². The van der Waals surface area contributed by atoms with Crippen molar-refractivity contribution in [1.29, 1.82) is 0 Å². The largest absolute Gasteiger partial charge is 0.290 e. The summed E-state index contributed by atoms with van der Waals surface area (Å²) in [6, 6.07) is 5.84. The van der Waals surface area contributed by atoms with Crippen LogP contribution in [0.15, 0.2) is 36.4 Å². The maximum absolute atomic E-state index is 11.7. The highest BCUT2D eigenvalue weighted by Crippen LogP contribution is 2.23. The van der Waals surface area contributed by atoms with E-state index in [1.54, 1.807) is 0 Å². The number of carbonyl (C=O) groups is 2. The standard InChI is InChI=1S/C14H12O2/c1-9-3-5-12(10(2)7-9)13-8-11(15)4-6-14(13)16/h3-8H,1-2H3. The van der Waals surface area contributed by atoms with Crippen molar-refractivity contribution >= 4 is 17.1 Å². The zero-order valence-corrected chi connectivity index (χ0v) is 9.28. The maximum Gasteiger partial charge on any atom is 0.186 e. The Hall–Kier alpha value is -1.96. The third-order valence-corrected chi connectivity index (χ3v) is 2.62. The Labute approximate surface area is 94.3 Å². The first-order valence-corrected chi connectivity index (χ1v) is 5.13. The second-order valence-corrected chi connectivity index (χ2v) is 3.98. The molecular weight excluding hydrogens is 200 g/mol. The third-order valence-electron chi connectivity index (χ3n) is 2.62. The normalized spacial score (nSPS) is 15.2. The van der Waals surface area contributed by atoms with E-state index in [9.17, 15) is 9.59 Å². The van der Waals surface area contributed by atoms with Crippen molar-refractivity contribution in [2.24, 2.45) is 0 Å². The SMILES string of the molecule is Cc1ccc(C2=CC(=O)C=CC2=O)c(C)c1. The molecule has 80 valence electrons. The van der Waals surface area contributed by atoms with Gasteiger partial charge in [0, 0.05) is 5.57 Å². The van der Waals surface area contributed by atoms with Gasteiger partial charge in [-0.15, -0.1) is 0 Å². The van der Waals surface area contributed by atoms with Gasteiger partial charge in [0.05, 0.1) is 0 Å². The molecule has 0 saturated carbocycles. The van der Waals surface area contributed by atoms with E-state index >= 15 is 0 Å². The minimum Gasteiger partial charge on any atom is -0.290 e. The summed E-state index contributed by atoms with van der Waals surface area (Å²) in [6.45, 7) is 3.94. The summed E-state index contributed by atoms with van der Waals surface area (Å²) in [5, 5.41) is 0. The van der Waals surface area contributed by atoms with Crippen LogP contribution in [0.4, 0.5) is 0 Å². The minimum absolute atomic E-state index is 0.105. The van der Waals surface area contributed by atoms with Gasteiger partial charge in [0.25, 0.3) is 0 Å². The van der Waals surface area contributed by atoms with Gasteiger partial charge in [-0.2, -0.15) is 0 Å². The zero-order valence-electron chi connectivity index (χ0n) is 9.28. The number of rotatable bonds is 1. The van der Waals surface area contributed by atoms with E-state index in [0.717, 1.165) is 16.7 Å². The molecule has 0 spiro atoms. The number of hydrogen-bond acceptors (Lipinski definition) is 2. The minimum atomic E-state index is -0.130. The van der Waals surface area contributed by atoms with Crippen LogP contribution in [-0.2, 0) is 9.59 Å². The number of benzene rings is 1. The Morgan fingerprint density at radius 1 is 1.00 bits per heavy atom. The molecule has 0 heterocycles. The first kappa shape index (κ1) is 10.6. The van der Waals surface area contributed by atoms with Crippen molar-refractivity contribution < 1.29 is 9.59 Å². The van der Waals surface area contributed by atoms with Gasteiger partial charge in [0.2, 0.25) is 0 Å². The lowest BCUT2D eigenvalue weighted by Crippen LogP contribution is -2.07. The zero-order chi connectivity index (χ0) is 11.7. The van der Waals surface area contributed by atoms with Crippen molar-refractivity contribution in [3.63, 3.8) is 0 Å². The number of aryl methyl sites for hydroxylation is 2. The van der Waals surface area contributed by atoms with Crippen molar-refractivity contribution in [1.82, 2.24) is 0 Å². The Balaban J connectivity index is 2.52. The molecule has 0 N–H and O–H groups in total. The lowest BCUT2D eigenvalue weighted by molar-refractivity contribution is -0.113. The smallest absolute Gasteiger partial charge is 0.186 e. The second kappa shape index (κ2) is 3.89. The Bertz CT molecular complexity index is 534. The summed E-state index contributed by atoms with van der Waals surface area (Å²) in [7, 11) is 0. The molecule has 2 heteroatoms. The number of ketones is 2. The van der Waals surface area contributed by atoms with Crippen LogP contribution in [0.3, 0.4) is 0 Å². The molecule has 0 radical (unpaired) electrons. The van der Waals surface area contributed by atoms with Crippen LogP contribution in [0.2, 0.25) is 0 Å². The van der Waals surface area contributed by atoms with Crippen LogP contribution in [0.25, 0.3) is 5.57 Å². The molecule has 2 nitrogen and oxygen atoms in total. The van der Waals surface area contributed by atoms with Gasteiger partial charge in [-0.1, -0.05) is 23.8 Å². The molecule has 2 rings (SSSR count).